The molecular weight excluding hydrogens is 162 g/mol. The van der Waals surface area contributed by atoms with Crippen LogP contribution in [0.3, 0.4) is 0 Å². The summed E-state index contributed by atoms with van der Waals surface area (Å²) in [5.74, 6) is 1.45. The summed E-state index contributed by atoms with van der Waals surface area (Å²) in [4.78, 5) is 0. The van der Waals surface area contributed by atoms with Crippen molar-refractivity contribution in [3.63, 3.8) is 0 Å². The van der Waals surface area contributed by atoms with Crippen LogP contribution in [0.25, 0.3) is 0 Å². The molecule has 0 aliphatic carbocycles. The van der Waals surface area contributed by atoms with Gasteiger partial charge in [0, 0.05) is 19.8 Å². The Bertz CT molecular complexity index is 117. The second kappa shape index (κ2) is 7.34. The maximum absolute atomic E-state index is 5.08. The van der Waals surface area contributed by atoms with Crippen molar-refractivity contribution in [2.24, 2.45) is 11.8 Å². The lowest BCUT2D eigenvalue weighted by Crippen LogP contribution is -2.35. The standard InChI is InChI=1S/C11H25NO/c1-6-12-11(4)10(3)9(2)7-8-13-5/h9-12H,6-8H2,1-5H3. The molecule has 0 aliphatic heterocycles. The molecule has 0 fully saturated rings. The first-order valence-corrected chi connectivity index (χ1v) is 5.35. The third-order valence-electron chi connectivity index (χ3n) is 2.99. The van der Waals surface area contributed by atoms with Crippen LogP contribution in [0.4, 0.5) is 0 Å². The molecule has 0 saturated heterocycles. The van der Waals surface area contributed by atoms with Crippen molar-refractivity contribution >= 4 is 0 Å². The van der Waals surface area contributed by atoms with Gasteiger partial charge in [-0.3, -0.25) is 0 Å². The summed E-state index contributed by atoms with van der Waals surface area (Å²) in [6.45, 7) is 11.0. The predicted molar refractivity (Wildman–Crippen MR) is 58.0 cm³/mol. The fourth-order valence-electron chi connectivity index (χ4n) is 1.57. The Labute approximate surface area is 83.1 Å². The molecule has 0 aromatic carbocycles. The topological polar surface area (TPSA) is 21.3 Å². The van der Waals surface area contributed by atoms with Crippen molar-refractivity contribution < 1.29 is 4.74 Å². The van der Waals surface area contributed by atoms with Crippen LogP contribution in [0.2, 0.25) is 0 Å². The van der Waals surface area contributed by atoms with Gasteiger partial charge in [-0.05, 0) is 31.7 Å². The molecule has 2 nitrogen and oxygen atoms in total. The largest absolute Gasteiger partial charge is 0.385 e. The molecular formula is C11H25NO. The van der Waals surface area contributed by atoms with Crippen molar-refractivity contribution in [3.8, 4) is 0 Å². The smallest absolute Gasteiger partial charge is 0.0464 e. The molecule has 0 radical (unpaired) electrons. The second-order valence-electron chi connectivity index (χ2n) is 3.96. The van der Waals surface area contributed by atoms with Gasteiger partial charge in [0.1, 0.15) is 0 Å². The fraction of sp³-hybridized carbons (Fsp3) is 1.00. The molecule has 3 unspecified atom stereocenters. The summed E-state index contributed by atoms with van der Waals surface area (Å²) in [7, 11) is 1.77. The first kappa shape index (κ1) is 12.9. The zero-order chi connectivity index (χ0) is 10.3. The lowest BCUT2D eigenvalue weighted by molar-refractivity contribution is 0.160. The SMILES string of the molecule is CCNC(C)C(C)C(C)CCOC. The Morgan fingerprint density at radius 1 is 1.23 bits per heavy atom. The summed E-state index contributed by atoms with van der Waals surface area (Å²) in [6.07, 6.45) is 1.16. The molecule has 0 aliphatic rings. The van der Waals surface area contributed by atoms with E-state index in [0.717, 1.165) is 31.4 Å². The van der Waals surface area contributed by atoms with E-state index >= 15 is 0 Å². The van der Waals surface area contributed by atoms with Crippen molar-refractivity contribution in [1.29, 1.82) is 0 Å². The molecule has 0 aromatic heterocycles. The Hall–Kier alpha value is -0.0800. The van der Waals surface area contributed by atoms with Crippen molar-refractivity contribution in [1.82, 2.24) is 5.32 Å². The van der Waals surface area contributed by atoms with Crippen LogP contribution in [0.15, 0.2) is 0 Å². The van der Waals surface area contributed by atoms with Gasteiger partial charge < -0.3 is 10.1 Å². The number of hydrogen-bond donors (Lipinski definition) is 1. The molecule has 0 saturated carbocycles. The summed E-state index contributed by atoms with van der Waals surface area (Å²) < 4.78 is 5.08. The minimum Gasteiger partial charge on any atom is -0.385 e. The lowest BCUT2D eigenvalue weighted by atomic mass is 9.87. The van der Waals surface area contributed by atoms with E-state index in [-0.39, 0.29) is 0 Å². The van der Waals surface area contributed by atoms with Crippen LogP contribution >= 0.6 is 0 Å². The summed E-state index contributed by atoms with van der Waals surface area (Å²) >= 11 is 0. The van der Waals surface area contributed by atoms with Crippen LogP contribution in [0.1, 0.15) is 34.1 Å². The minimum atomic E-state index is 0.608. The Kier molecular flexibility index (Phi) is 7.29. The van der Waals surface area contributed by atoms with Crippen LogP contribution in [0.5, 0.6) is 0 Å². The molecule has 0 bridgehead atoms. The highest BCUT2D eigenvalue weighted by atomic mass is 16.5. The first-order valence-electron chi connectivity index (χ1n) is 5.35. The highest BCUT2D eigenvalue weighted by Crippen LogP contribution is 2.18. The van der Waals surface area contributed by atoms with E-state index in [1.807, 2.05) is 0 Å². The lowest BCUT2D eigenvalue weighted by Gasteiger charge is -2.26. The van der Waals surface area contributed by atoms with Gasteiger partial charge in [0.15, 0.2) is 0 Å². The van der Waals surface area contributed by atoms with Gasteiger partial charge in [0.2, 0.25) is 0 Å². The predicted octanol–water partition coefficient (Wildman–Crippen LogP) is 2.29. The number of hydrogen-bond acceptors (Lipinski definition) is 2. The van der Waals surface area contributed by atoms with E-state index in [0.29, 0.717) is 6.04 Å². The van der Waals surface area contributed by atoms with E-state index < -0.39 is 0 Å². The summed E-state index contributed by atoms with van der Waals surface area (Å²) in [5.41, 5.74) is 0. The highest BCUT2D eigenvalue weighted by Gasteiger charge is 2.17. The molecule has 0 rings (SSSR count). The van der Waals surface area contributed by atoms with Crippen LogP contribution < -0.4 is 5.32 Å². The van der Waals surface area contributed by atoms with Crippen LogP contribution in [-0.2, 0) is 4.74 Å². The minimum absolute atomic E-state index is 0.608. The van der Waals surface area contributed by atoms with Crippen LogP contribution in [-0.4, -0.2) is 26.3 Å². The van der Waals surface area contributed by atoms with Crippen LogP contribution in [0, 0.1) is 11.8 Å². The van der Waals surface area contributed by atoms with Gasteiger partial charge in [-0.25, -0.2) is 0 Å². The summed E-state index contributed by atoms with van der Waals surface area (Å²) in [5, 5.41) is 3.46. The first-order chi connectivity index (χ1) is 6.13. The molecule has 13 heavy (non-hydrogen) atoms. The molecule has 80 valence electrons. The number of rotatable bonds is 7. The second-order valence-corrected chi connectivity index (χ2v) is 3.96. The van der Waals surface area contributed by atoms with E-state index in [1.54, 1.807) is 7.11 Å². The number of methoxy groups -OCH3 is 1. The van der Waals surface area contributed by atoms with E-state index in [4.69, 9.17) is 4.74 Å². The molecule has 0 amide bonds. The number of nitrogens with one attached hydrogen (secondary N) is 1. The zero-order valence-corrected chi connectivity index (χ0v) is 9.76. The molecule has 2 heteroatoms. The maximum Gasteiger partial charge on any atom is 0.0464 e. The Balaban J connectivity index is 3.71. The maximum atomic E-state index is 5.08. The zero-order valence-electron chi connectivity index (χ0n) is 9.76. The van der Waals surface area contributed by atoms with Gasteiger partial charge in [-0.15, -0.1) is 0 Å². The third-order valence-corrected chi connectivity index (χ3v) is 2.99. The van der Waals surface area contributed by atoms with Gasteiger partial charge >= 0.3 is 0 Å². The van der Waals surface area contributed by atoms with Gasteiger partial charge in [-0.1, -0.05) is 20.8 Å². The highest BCUT2D eigenvalue weighted by molar-refractivity contribution is 4.72. The van der Waals surface area contributed by atoms with E-state index in [9.17, 15) is 0 Å². The molecule has 0 aromatic rings. The quantitative estimate of drug-likeness (QED) is 0.660. The molecule has 3 atom stereocenters. The fourth-order valence-corrected chi connectivity index (χ4v) is 1.57. The Morgan fingerprint density at radius 3 is 2.31 bits per heavy atom. The third kappa shape index (κ3) is 5.27. The molecule has 1 N–H and O–H groups in total. The van der Waals surface area contributed by atoms with Crippen molar-refractivity contribution in [2.45, 2.75) is 40.2 Å². The monoisotopic (exact) mass is 187 g/mol. The van der Waals surface area contributed by atoms with Gasteiger partial charge in [-0.2, -0.15) is 0 Å². The Morgan fingerprint density at radius 2 is 1.85 bits per heavy atom. The average Bonchev–Trinajstić information content (AvgIpc) is 2.13. The van der Waals surface area contributed by atoms with Crippen molar-refractivity contribution in [2.75, 3.05) is 20.3 Å². The van der Waals surface area contributed by atoms with E-state index in [2.05, 4.69) is 33.0 Å². The molecule has 0 heterocycles. The summed E-state index contributed by atoms with van der Waals surface area (Å²) in [6, 6.07) is 0.608. The van der Waals surface area contributed by atoms with Crippen molar-refractivity contribution in [3.05, 3.63) is 0 Å². The molecule has 0 spiro atoms. The normalized spacial score (nSPS) is 18.2. The van der Waals surface area contributed by atoms with Gasteiger partial charge in [0.25, 0.3) is 0 Å². The number of ether oxygens (including phenoxy) is 1. The van der Waals surface area contributed by atoms with Gasteiger partial charge in [0.05, 0.1) is 0 Å². The van der Waals surface area contributed by atoms with E-state index in [1.165, 1.54) is 0 Å². The average molecular weight is 187 g/mol.